The van der Waals surface area contributed by atoms with Gasteiger partial charge in [-0.15, -0.1) is 0 Å². The third-order valence-corrected chi connectivity index (χ3v) is 3.98. The first kappa shape index (κ1) is 18.4. The molecule has 0 radical (unpaired) electrons. The van der Waals surface area contributed by atoms with E-state index in [-0.39, 0.29) is 0 Å². The van der Waals surface area contributed by atoms with Crippen LogP contribution in [0.5, 0.6) is 0 Å². The third kappa shape index (κ3) is 4.23. The molecule has 0 heterocycles. The molecule has 0 aliphatic heterocycles. The molecular formula is C21H14F3NO2. The number of halogens is 3. The van der Waals surface area contributed by atoms with E-state index in [9.17, 15) is 22.8 Å². The summed E-state index contributed by atoms with van der Waals surface area (Å²) in [6.07, 6.45) is -3.75. The van der Waals surface area contributed by atoms with Gasteiger partial charge in [-0.1, -0.05) is 42.5 Å². The lowest BCUT2D eigenvalue weighted by Gasteiger charge is -2.12. The van der Waals surface area contributed by atoms with Gasteiger partial charge in [-0.05, 0) is 41.5 Å². The summed E-state index contributed by atoms with van der Waals surface area (Å²) in [5, 5.41) is 2.70. The van der Waals surface area contributed by atoms with Gasteiger partial charge < -0.3 is 5.32 Å². The van der Waals surface area contributed by atoms with Crippen LogP contribution in [-0.2, 0) is 6.18 Å². The van der Waals surface area contributed by atoms with Crippen molar-refractivity contribution < 1.29 is 22.8 Å². The normalized spacial score (nSPS) is 11.1. The van der Waals surface area contributed by atoms with Crippen LogP contribution in [0.1, 0.15) is 26.3 Å². The second-order valence-electron chi connectivity index (χ2n) is 5.82. The molecule has 0 aromatic heterocycles. The zero-order chi connectivity index (χ0) is 19.4. The molecule has 0 saturated carbocycles. The van der Waals surface area contributed by atoms with E-state index in [1.165, 1.54) is 18.2 Å². The van der Waals surface area contributed by atoms with Crippen molar-refractivity contribution in [3.8, 4) is 11.1 Å². The smallest absolute Gasteiger partial charge is 0.322 e. The highest BCUT2D eigenvalue weighted by molar-refractivity contribution is 6.08. The molecule has 1 amide bonds. The predicted octanol–water partition coefficient (Wildman–Crippen LogP) is 5.44. The lowest BCUT2D eigenvalue weighted by atomic mass is 9.98. The molecule has 3 aromatic rings. The van der Waals surface area contributed by atoms with E-state index in [4.69, 9.17) is 0 Å². The molecule has 136 valence electrons. The van der Waals surface area contributed by atoms with Crippen LogP contribution in [0, 0.1) is 0 Å². The van der Waals surface area contributed by atoms with Crippen LogP contribution < -0.4 is 5.32 Å². The Bertz CT molecular complexity index is 979. The summed E-state index contributed by atoms with van der Waals surface area (Å²) in [5.41, 5.74) is 1.44. The Balaban J connectivity index is 1.91. The highest BCUT2D eigenvalue weighted by atomic mass is 19.4. The number of hydrogen-bond acceptors (Lipinski definition) is 2. The quantitative estimate of drug-likeness (QED) is 0.623. The van der Waals surface area contributed by atoms with Crippen molar-refractivity contribution in [3.63, 3.8) is 0 Å². The van der Waals surface area contributed by atoms with Crippen LogP contribution in [-0.4, -0.2) is 12.2 Å². The topological polar surface area (TPSA) is 46.2 Å². The Kier molecular flexibility index (Phi) is 5.07. The molecule has 27 heavy (non-hydrogen) atoms. The molecule has 0 bridgehead atoms. The van der Waals surface area contributed by atoms with Crippen molar-refractivity contribution in [3.05, 3.63) is 89.5 Å². The zero-order valence-electron chi connectivity index (χ0n) is 14.0. The molecule has 3 nitrogen and oxygen atoms in total. The fraction of sp³-hybridized carbons (Fsp3) is 0.0476. The van der Waals surface area contributed by atoms with Gasteiger partial charge in [0.1, 0.15) is 6.29 Å². The van der Waals surface area contributed by atoms with Gasteiger partial charge in [0.05, 0.1) is 5.56 Å². The fourth-order valence-electron chi connectivity index (χ4n) is 2.66. The first-order valence-corrected chi connectivity index (χ1v) is 8.02. The lowest BCUT2D eigenvalue weighted by Crippen LogP contribution is -2.13. The van der Waals surface area contributed by atoms with E-state index >= 15 is 0 Å². The van der Waals surface area contributed by atoms with E-state index in [0.717, 1.165) is 12.1 Å². The number of alkyl halides is 3. The minimum atomic E-state index is -4.42. The second kappa shape index (κ2) is 7.45. The average Bonchev–Trinajstić information content (AvgIpc) is 2.67. The standard InChI is InChI=1S/C21H14F3NO2/c22-21(23,24)16-10-8-15(9-11-16)18-6-1-2-7-19(18)20(27)25-17-5-3-4-14(12-17)13-26/h1-13H,(H,25,27). The minimum absolute atomic E-state index is 0.314. The van der Waals surface area contributed by atoms with Gasteiger partial charge in [0, 0.05) is 16.8 Å². The number of carbonyl (C=O) groups excluding carboxylic acids is 2. The summed E-state index contributed by atoms with van der Waals surface area (Å²) in [6, 6.07) is 17.7. The van der Waals surface area contributed by atoms with Gasteiger partial charge in [-0.2, -0.15) is 13.2 Å². The molecular weight excluding hydrogens is 355 g/mol. The maximum absolute atomic E-state index is 12.7. The molecule has 0 saturated heterocycles. The number of carbonyl (C=O) groups is 2. The number of nitrogens with one attached hydrogen (secondary N) is 1. The van der Waals surface area contributed by atoms with Gasteiger partial charge in [-0.3, -0.25) is 9.59 Å². The first-order valence-electron chi connectivity index (χ1n) is 8.02. The number of benzene rings is 3. The van der Waals surface area contributed by atoms with E-state index in [1.54, 1.807) is 42.5 Å². The summed E-state index contributed by atoms with van der Waals surface area (Å²) >= 11 is 0. The molecule has 0 spiro atoms. The number of aldehydes is 1. The Hall–Kier alpha value is -3.41. The monoisotopic (exact) mass is 369 g/mol. The lowest BCUT2D eigenvalue weighted by molar-refractivity contribution is -0.137. The minimum Gasteiger partial charge on any atom is -0.322 e. The van der Waals surface area contributed by atoms with Crippen LogP contribution in [0.3, 0.4) is 0 Å². The number of amides is 1. The molecule has 1 N–H and O–H groups in total. The summed E-state index contributed by atoms with van der Waals surface area (Å²) in [4.78, 5) is 23.5. The van der Waals surface area contributed by atoms with Gasteiger partial charge in [0.15, 0.2) is 0 Å². The summed E-state index contributed by atoms with van der Waals surface area (Å²) in [5.74, 6) is -0.423. The Labute approximate surface area is 153 Å². The number of hydrogen-bond donors (Lipinski definition) is 1. The van der Waals surface area contributed by atoms with Crippen LogP contribution in [0.15, 0.2) is 72.8 Å². The van der Waals surface area contributed by atoms with E-state index in [2.05, 4.69) is 5.32 Å². The Morgan fingerprint density at radius 2 is 1.59 bits per heavy atom. The van der Waals surface area contributed by atoms with Crippen molar-refractivity contribution in [2.45, 2.75) is 6.18 Å². The second-order valence-corrected chi connectivity index (χ2v) is 5.82. The number of rotatable bonds is 4. The average molecular weight is 369 g/mol. The largest absolute Gasteiger partial charge is 0.416 e. The van der Waals surface area contributed by atoms with Crippen molar-refractivity contribution in [1.82, 2.24) is 0 Å². The maximum atomic E-state index is 12.7. The maximum Gasteiger partial charge on any atom is 0.416 e. The van der Waals surface area contributed by atoms with E-state index < -0.39 is 17.6 Å². The van der Waals surface area contributed by atoms with Crippen LogP contribution in [0.2, 0.25) is 0 Å². The Morgan fingerprint density at radius 1 is 0.889 bits per heavy atom. The van der Waals surface area contributed by atoms with Crippen molar-refractivity contribution >= 4 is 17.9 Å². The Morgan fingerprint density at radius 3 is 2.26 bits per heavy atom. The molecule has 3 rings (SSSR count). The molecule has 0 atom stereocenters. The molecule has 0 unspecified atom stereocenters. The van der Waals surface area contributed by atoms with Gasteiger partial charge >= 0.3 is 6.18 Å². The van der Waals surface area contributed by atoms with E-state index in [1.807, 2.05) is 0 Å². The van der Waals surface area contributed by atoms with Crippen LogP contribution in [0.25, 0.3) is 11.1 Å². The highest BCUT2D eigenvalue weighted by Gasteiger charge is 2.30. The predicted molar refractivity (Wildman–Crippen MR) is 96.7 cm³/mol. The summed E-state index contributed by atoms with van der Waals surface area (Å²) in [7, 11) is 0. The fourth-order valence-corrected chi connectivity index (χ4v) is 2.66. The first-order chi connectivity index (χ1) is 12.9. The van der Waals surface area contributed by atoms with Crippen molar-refractivity contribution in [1.29, 1.82) is 0 Å². The third-order valence-electron chi connectivity index (χ3n) is 3.98. The summed E-state index contributed by atoms with van der Waals surface area (Å²) in [6.45, 7) is 0. The zero-order valence-corrected chi connectivity index (χ0v) is 14.0. The number of anilines is 1. The van der Waals surface area contributed by atoms with Crippen molar-refractivity contribution in [2.24, 2.45) is 0 Å². The molecule has 3 aromatic carbocycles. The van der Waals surface area contributed by atoms with E-state index in [0.29, 0.717) is 34.2 Å². The van der Waals surface area contributed by atoms with Crippen LogP contribution in [0.4, 0.5) is 18.9 Å². The summed E-state index contributed by atoms with van der Waals surface area (Å²) < 4.78 is 38.2. The molecule has 0 aliphatic rings. The van der Waals surface area contributed by atoms with Gasteiger partial charge in [-0.25, -0.2) is 0 Å². The van der Waals surface area contributed by atoms with Gasteiger partial charge in [0.2, 0.25) is 0 Å². The molecule has 6 heteroatoms. The molecule has 0 aliphatic carbocycles. The van der Waals surface area contributed by atoms with Crippen LogP contribution >= 0.6 is 0 Å². The van der Waals surface area contributed by atoms with Crippen molar-refractivity contribution in [2.75, 3.05) is 5.32 Å². The van der Waals surface area contributed by atoms with Gasteiger partial charge in [0.25, 0.3) is 5.91 Å². The molecule has 0 fully saturated rings. The highest BCUT2D eigenvalue weighted by Crippen LogP contribution is 2.32. The SMILES string of the molecule is O=Cc1cccc(NC(=O)c2ccccc2-c2ccc(C(F)(F)F)cc2)c1.